The van der Waals surface area contributed by atoms with Crippen LogP contribution in [0.25, 0.3) is 0 Å². The van der Waals surface area contributed by atoms with Gasteiger partial charge in [-0.2, -0.15) is 0 Å². The van der Waals surface area contributed by atoms with E-state index in [-0.39, 0.29) is 18.2 Å². The lowest BCUT2D eigenvalue weighted by Gasteiger charge is -2.19. The van der Waals surface area contributed by atoms with Gasteiger partial charge >= 0.3 is 5.97 Å². The van der Waals surface area contributed by atoms with Crippen LogP contribution in [0.4, 0.5) is 0 Å². The Morgan fingerprint density at radius 1 is 1.17 bits per heavy atom. The van der Waals surface area contributed by atoms with E-state index in [2.05, 4.69) is 11.8 Å². The van der Waals surface area contributed by atoms with Crippen molar-refractivity contribution < 1.29 is 19.7 Å². The van der Waals surface area contributed by atoms with Crippen molar-refractivity contribution in [2.24, 2.45) is 5.73 Å². The predicted molar refractivity (Wildman–Crippen MR) is 117 cm³/mol. The minimum Gasteiger partial charge on any atom is -0.494 e. The number of rotatable bonds is 10. The summed E-state index contributed by atoms with van der Waals surface area (Å²) in [6.07, 6.45) is 0.633. The number of ether oxygens (including phenoxy) is 1. The maximum Gasteiger partial charge on any atom is 0.303 e. The van der Waals surface area contributed by atoms with E-state index >= 15 is 0 Å². The molecule has 0 fully saturated rings. The van der Waals surface area contributed by atoms with E-state index in [4.69, 9.17) is 15.9 Å². The SMILES string of the molecule is CCOc1ccc([C@H](CC(=O)O)C[C@@H](O)CCC#Cc2ccc(C(=N)N)cc2)cc1. The van der Waals surface area contributed by atoms with Gasteiger partial charge < -0.3 is 20.7 Å². The molecule has 30 heavy (non-hydrogen) atoms. The summed E-state index contributed by atoms with van der Waals surface area (Å²) in [6, 6.07) is 14.4. The van der Waals surface area contributed by atoms with Gasteiger partial charge in [0.15, 0.2) is 0 Å². The number of aliphatic hydroxyl groups is 1. The van der Waals surface area contributed by atoms with Gasteiger partial charge in [0.1, 0.15) is 11.6 Å². The van der Waals surface area contributed by atoms with Crippen LogP contribution in [0.5, 0.6) is 5.75 Å². The Kier molecular flexibility index (Phi) is 8.92. The van der Waals surface area contributed by atoms with Crippen molar-refractivity contribution in [3.8, 4) is 17.6 Å². The molecule has 0 aliphatic carbocycles. The van der Waals surface area contributed by atoms with E-state index in [0.29, 0.717) is 31.4 Å². The summed E-state index contributed by atoms with van der Waals surface area (Å²) in [5.74, 6) is 5.63. The highest BCUT2D eigenvalue weighted by atomic mass is 16.5. The zero-order chi connectivity index (χ0) is 21.9. The van der Waals surface area contributed by atoms with Gasteiger partial charge in [-0.05, 0) is 55.5 Å². The zero-order valence-electron chi connectivity index (χ0n) is 17.1. The summed E-state index contributed by atoms with van der Waals surface area (Å²) in [4.78, 5) is 11.3. The van der Waals surface area contributed by atoms with E-state index in [1.54, 1.807) is 24.3 Å². The number of benzene rings is 2. The minimum absolute atomic E-state index is 0.0149. The van der Waals surface area contributed by atoms with Crippen LogP contribution in [0.3, 0.4) is 0 Å². The molecule has 2 aromatic rings. The molecule has 0 aromatic heterocycles. The van der Waals surface area contributed by atoms with Crippen molar-refractivity contribution in [2.75, 3.05) is 6.61 Å². The molecule has 5 N–H and O–H groups in total. The molecule has 0 aliphatic rings. The van der Waals surface area contributed by atoms with Crippen LogP contribution in [0.15, 0.2) is 48.5 Å². The minimum atomic E-state index is -0.894. The summed E-state index contributed by atoms with van der Waals surface area (Å²) in [5.41, 5.74) is 7.76. The Balaban J connectivity index is 1.92. The van der Waals surface area contributed by atoms with Crippen molar-refractivity contribution >= 4 is 11.8 Å². The lowest BCUT2D eigenvalue weighted by molar-refractivity contribution is -0.137. The first kappa shape index (κ1) is 23.0. The lowest BCUT2D eigenvalue weighted by atomic mass is 9.89. The molecule has 0 radical (unpaired) electrons. The molecule has 0 amide bonds. The summed E-state index contributed by atoms with van der Waals surface area (Å²) in [6.45, 7) is 2.47. The Morgan fingerprint density at radius 2 is 1.83 bits per heavy atom. The quantitative estimate of drug-likeness (QED) is 0.273. The van der Waals surface area contributed by atoms with Gasteiger partial charge in [-0.1, -0.05) is 36.1 Å². The summed E-state index contributed by atoms with van der Waals surface area (Å²) in [7, 11) is 0. The fourth-order valence-electron chi connectivity index (χ4n) is 3.13. The number of aliphatic hydroxyl groups excluding tert-OH is 1. The van der Waals surface area contributed by atoms with Gasteiger partial charge in [-0.25, -0.2) is 0 Å². The van der Waals surface area contributed by atoms with Gasteiger partial charge in [0.25, 0.3) is 0 Å². The van der Waals surface area contributed by atoms with E-state index in [1.165, 1.54) is 0 Å². The summed E-state index contributed by atoms with van der Waals surface area (Å²) in [5, 5.41) is 27.0. The summed E-state index contributed by atoms with van der Waals surface area (Å²) >= 11 is 0. The second-order valence-corrected chi connectivity index (χ2v) is 7.02. The first-order chi connectivity index (χ1) is 14.4. The topological polar surface area (TPSA) is 117 Å². The Hall–Kier alpha value is -3.30. The van der Waals surface area contributed by atoms with Crippen molar-refractivity contribution in [3.63, 3.8) is 0 Å². The van der Waals surface area contributed by atoms with Crippen LogP contribution >= 0.6 is 0 Å². The van der Waals surface area contributed by atoms with Crippen LogP contribution in [0.2, 0.25) is 0 Å². The number of carbonyl (C=O) groups is 1. The van der Waals surface area contributed by atoms with Gasteiger partial charge in [-0.15, -0.1) is 0 Å². The molecule has 0 bridgehead atoms. The Labute approximate surface area is 177 Å². The smallest absolute Gasteiger partial charge is 0.303 e. The number of nitrogen functional groups attached to an aromatic ring is 1. The predicted octanol–water partition coefficient (Wildman–Crippen LogP) is 3.51. The molecule has 6 nitrogen and oxygen atoms in total. The number of aliphatic carboxylic acids is 1. The Bertz CT molecular complexity index is 896. The van der Waals surface area contributed by atoms with Crippen molar-refractivity contribution in [1.29, 1.82) is 5.41 Å². The van der Waals surface area contributed by atoms with Crippen LogP contribution in [-0.2, 0) is 4.79 Å². The molecule has 2 atom stereocenters. The van der Waals surface area contributed by atoms with Gasteiger partial charge in [-0.3, -0.25) is 10.2 Å². The zero-order valence-corrected chi connectivity index (χ0v) is 17.1. The largest absolute Gasteiger partial charge is 0.494 e. The van der Waals surface area contributed by atoms with E-state index in [9.17, 15) is 15.0 Å². The number of nitrogens with one attached hydrogen (secondary N) is 1. The molecule has 0 heterocycles. The van der Waals surface area contributed by atoms with Gasteiger partial charge in [0.05, 0.1) is 19.1 Å². The number of amidine groups is 1. The second kappa shape index (κ2) is 11.6. The average Bonchev–Trinajstić information content (AvgIpc) is 2.71. The fourth-order valence-corrected chi connectivity index (χ4v) is 3.13. The molecule has 0 unspecified atom stereocenters. The number of carboxylic acid groups (broad SMARTS) is 1. The van der Waals surface area contributed by atoms with Crippen molar-refractivity contribution in [2.45, 2.75) is 44.6 Å². The van der Waals surface area contributed by atoms with E-state index in [1.807, 2.05) is 31.2 Å². The van der Waals surface area contributed by atoms with Crippen LogP contribution < -0.4 is 10.5 Å². The third-order valence-corrected chi connectivity index (χ3v) is 4.67. The highest BCUT2D eigenvalue weighted by Gasteiger charge is 2.19. The molecule has 158 valence electrons. The molecular formula is C24H28N2O4. The second-order valence-electron chi connectivity index (χ2n) is 7.02. The highest BCUT2D eigenvalue weighted by Crippen LogP contribution is 2.28. The van der Waals surface area contributed by atoms with Crippen LogP contribution in [0.1, 0.15) is 55.2 Å². The highest BCUT2D eigenvalue weighted by molar-refractivity contribution is 5.94. The molecular weight excluding hydrogens is 380 g/mol. The first-order valence-electron chi connectivity index (χ1n) is 9.95. The third-order valence-electron chi connectivity index (χ3n) is 4.67. The van der Waals surface area contributed by atoms with Crippen molar-refractivity contribution in [3.05, 3.63) is 65.2 Å². The lowest BCUT2D eigenvalue weighted by Crippen LogP contribution is -2.15. The molecule has 6 heteroatoms. The number of hydrogen-bond donors (Lipinski definition) is 4. The maximum absolute atomic E-state index is 11.3. The standard InChI is InChI=1S/C24H28N2O4/c1-2-30-22-13-11-18(12-14-22)20(16-23(28)29)15-21(27)6-4-3-5-17-7-9-19(10-8-17)24(25)26/h7-14,20-21,27H,2,4,6,15-16H2,1H3,(H3,25,26)(H,28,29)/t20-,21-/m0/s1. The van der Waals surface area contributed by atoms with Gasteiger partial charge in [0.2, 0.25) is 0 Å². The normalized spacial score (nSPS) is 12.3. The molecule has 2 rings (SSSR count). The number of carboxylic acids is 1. The molecule has 0 saturated heterocycles. The molecule has 0 saturated carbocycles. The fraction of sp³-hybridized carbons (Fsp3) is 0.333. The maximum atomic E-state index is 11.3. The molecule has 0 spiro atoms. The number of hydrogen-bond acceptors (Lipinski definition) is 4. The van der Waals surface area contributed by atoms with E-state index < -0.39 is 12.1 Å². The monoisotopic (exact) mass is 408 g/mol. The van der Waals surface area contributed by atoms with E-state index in [0.717, 1.165) is 16.9 Å². The molecule has 0 aliphatic heterocycles. The van der Waals surface area contributed by atoms with Gasteiger partial charge in [0, 0.05) is 17.5 Å². The Morgan fingerprint density at radius 3 is 2.40 bits per heavy atom. The number of nitrogens with two attached hydrogens (primary N) is 1. The van der Waals surface area contributed by atoms with Crippen LogP contribution in [-0.4, -0.2) is 34.7 Å². The average molecular weight is 408 g/mol. The first-order valence-corrected chi connectivity index (χ1v) is 9.95. The van der Waals surface area contributed by atoms with Crippen LogP contribution in [0, 0.1) is 17.3 Å². The third kappa shape index (κ3) is 7.61. The summed E-state index contributed by atoms with van der Waals surface area (Å²) < 4.78 is 5.43. The van der Waals surface area contributed by atoms with Crippen molar-refractivity contribution in [1.82, 2.24) is 0 Å². The molecule has 2 aromatic carbocycles.